The van der Waals surface area contributed by atoms with Gasteiger partial charge < -0.3 is 10.1 Å². The molecule has 0 aliphatic carbocycles. The average Bonchev–Trinajstić information content (AvgIpc) is 2.23. The fraction of sp³-hybridized carbons (Fsp3) is 0.455. The molecule has 0 unspecified atom stereocenters. The third-order valence-corrected chi connectivity index (χ3v) is 2.79. The molecule has 84 valence electrons. The second kappa shape index (κ2) is 6.21. The van der Waals surface area contributed by atoms with E-state index in [1.807, 2.05) is 6.07 Å². The van der Waals surface area contributed by atoms with Crippen molar-refractivity contribution in [3.05, 3.63) is 27.7 Å². The van der Waals surface area contributed by atoms with Crippen molar-refractivity contribution in [3.8, 4) is 5.75 Å². The van der Waals surface area contributed by atoms with Crippen molar-refractivity contribution < 1.29 is 4.74 Å². The second-order valence-corrected chi connectivity index (χ2v) is 4.00. The minimum Gasteiger partial charge on any atom is -0.495 e. The van der Waals surface area contributed by atoms with Crippen LogP contribution in [0.25, 0.3) is 0 Å². The van der Waals surface area contributed by atoms with Crippen molar-refractivity contribution in [2.24, 2.45) is 0 Å². The molecule has 1 N–H and O–H groups in total. The van der Waals surface area contributed by atoms with Crippen LogP contribution in [0.1, 0.15) is 12.5 Å². The maximum absolute atomic E-state index is 6.09. The number of nitrogens with one attached hydrogen (secondary N) is 1. The van der Waals surface area contributed by atoms with Gasteiger partial charge in [-0.3, -0.25) is 0 Å². The van der Waals surface area contributed by atoms with Crippen LogP contribution in [-0.4, -0.2) is 20.2 Å². The van der Waals surface area contributed by atoms with E-state index < -0.39 is 0 Å². The number of rotatable bonds is 5. The minimum absolute atomic E-state index is 0.605. The summed E-state index contributed by atoms with van der Waals surface area (Å²) in [6.45, 7) is 3.93. The number of hydrogen-bond acceptors (Lipinski definition) is 2. The van der Waals surface area contributed by atoms with Gasteiger partial charge in [-0.2, -0.15) is 0 Å². The zero-order valence-electron chi connectivity index (χ0n) is 8.94. The van der Waals surface area contributed by atoms with Crippen LogP contribution in [0.5, 0.6) is 5.75 Å². The van der Waals surface area contributed by atoms with Gasteiger partial charge in [0.1, 0.15) is 5.75 Å². The van der Waals surface area contributed by atoms with Gasteiger partial charge in [-0.05, 0) is 31.1 Å². The SMILES string of the molecule is CCNCCc1cc(Cl)c(OC)cc1Cl. The zero-order chi connectivity index (χ0) is 11.3. The molecule has 4 heteroatoms. The van der Waals surface area contributed by atoms with Gasteiger partial charge in [0.15, 0.2) is 0 Å². The molecule has 1 aromatic rings. The van der Waals surface area contributed by atoms with Crippen LogP contribution < -0.4 is 10.1 Å². The topological polar surface area (TPSA) is 21.3 Å². The third kappa shape index (κ3) is 3.56. The first-order chi connectivity index (χ1) is 7.19. The Balaban J connectivity index is 2.76. The number of likely N-dealkylation sites (N-methyl/N-ethyl adjacent to an activating group) is 1. The van der Waals surface area contributed by atoms with Crippen LogP contribution in [0.3, 0.4) is 0 Å². The Hall–Kier alpha value is -0.440. The van der Waals surface area contributed by atoms with E-state index in [2.05, 4.69) is 12.2 Å². The van der Waals surface area contributed by atoms with E-state index in [0.717, 1.165) is 25.1 Å². The van der Waals surface area contributed by atoms with E-state index in [1.165, 1.54) is 0 Å². The first-order valence-electron chi connectivity index (χ1n) is 4.91. The Kier molecular flexibility index (Phi) is 5.23. The predicted octanol–water partition coefficient (Wildman–Crippen LogP) is 3.15. The predicted molar refractivity (Wildman–Crippen MR) is 65.3 cm³/mol. The van der Waals surface area contributed by atoms with Gasteiger partial charge in [0.2, 0.25) is 0 Å². The Morgan fingerprint density at radius 2 is 2.00 bits per heavy atom. The van der Waals surface area contributed by atoms with E-state index in [1.54, 1.807) is 13.2 Å². The number of methoxy groups -OCH3 is 1. The molecule has 15 heavy (non-hydrogen) atoms. The highest BCUT2D eigenvalue weighted by molar-refractivity contribution is 6.34. The fourth-order valence-corrected chi connectivity index (χ4v) is 1.83. The van der Waals surface area contributed by atoms with E-state index in [-0.39, 0.29) is 0 Å². The van der Waals surface area contributed by atoms with Gasteiger partial charge >= 0.3 is 0 Å². The molecule has 0 heterocycles. The molecular formula is C11H15Cl2NO. The summed E-state index contributed by atoms with van der Waals surface area (Å²) in [7, 11) is 1.58. The molecule has 0 fully saturated rings. The van der Waals surface area contributed by atoms with Crippen LogP contribution in [-0.2, 0) is 6.42 Å². The molecule has 0 radical (unpaired) electrons. The number of hydrogen-bond donors (Lipinski definition) is 1. The largest absolute Gasteiger partial charge is 0.495 e. The average molecular weight is 248 g/mol. The van der Waals surface area contributed by atoms with Crippen LogP contribution >= 0.6 is 23.2 Å². The second-order valence-electron chi connectivity index (χ2n) is 3.18. The quantitative estimate of drug-likeness (QED) is 0.808. The highest BCUT2D eigenvalue weighted by Crippen LogP contribution is 2.30. The molecule has 0 saturated heterocycles. The van der Waals surface area contributed by atoms with Crippen molar-refractivity contribution in [1.29, 1.82) is 0 Å². The van der Waals surface area contributed by atoms with Crippen molar-refractivity contribution >= 4 is 23.2 Å². The minimum atomic E-state index is 0.605. The highest BCUT2D eigenvalue weighted by Gasteiger charge is 2.07. The summed E-state index contributed by atoms with van der Waals surface area (Å²) in [6.07, 6.45) is 0.871. The standard InChI is InChI=1S/C11H15Cl2NO/c1-3-14-5-4-8-6-10(13)11(15-2)7-9(8)12/h6-7,14H,3-5H2,1-2H3. The Morgan fingerprint density at radius 3 is 2.60 bits per heavy atom. The van der Waals surface area contributed by atoms with Gasteiger partial charge in [0, 0.05) is 11.1 Å². The smallest absolute Gasteiger partial charge is 0.138 e. The molecule has 0 spiro atoms. The molecule has 0 aliphatic heterocycles. The van der Waals surface area contributed by atoms with Crippen LogP contribution in [0.2, 0.25) is 10.0 Å². The summed E-state index contributed by atoms with van der Waals surface area (Å²) < 4.78 is 5.07. The van der Waals surface area contributed by atoms with Crippen molar-refractivity contribution in [2.45, 2.75) is 13.3 Å². The number of ether oxygens (including phenoxy) is 1. The maximum atomic E-state index is 6.09. The summed E-state index contributed by atoms with van der Waals surface area (Å²) in [5, 5.41) is 4.55. The molecule has 0 amide bonds. The summed E-state index contributed by atoms with van der Waals surface area (Å²) in [6, 6.07) is 3.62. The summed E-state index contributed by atoms with van der Waals surface area (Å²) in [4.78, 5) is 0. The van der Waals surface area contributed by atoms with Crippen molar-refractivity contribution in [2.75, 3.05) is 20.2 Å². The van der Waals surface area contributed by atoms with Crippen LogP contribution in [0.4, 0.5) is 0 Å². The van der Waals surface area contributed by atoms with Crippen molar-refractivity contribution in [1.82, 2.24) is 5.32 Å². The highest BCUT2D eigenvalue weighted by atomic mass is 35.5. The molecule has 0 aromatic heterocycles. The summed E-state index contributed by atoms with van der Waals surface area (Å²) in [5.74, 6) is 0.619. The van der Waals surface area contributed by atoms with Gasteiger partial charge in [-0.25, -0.2) is 0 Å². The molecule has 0 atom stereocenters. The monoisotopic (exact) mass is 247 g/mol. The third-order valence-electron chi connectivity index (χ3n) is 2.14. The molecule has 2 nitrogen and oxygen atoms in total. The van der Waals surface area contributed by atoms with Crippen molar-refractivity contribution in [3.63, 3.8) is 0 Å². The van der Waals surface area contributed by atoms with Gasteiger partial charge in [-0.15, -0.1) is 0 Å². The normalized spacial score (nSPS) is 10.4. The summed E-state index contributed by atoms with van der Waals surface area (Å²) in [5.41, 5.74) is 1.04. The fourth-order valence-electron chi connectivity index (χ4n) is 1.32. The Bertz CT molecular complexity index is 329. The molecule has 0 bridgehead atoms. The lowest BCUT2D eigenvalue weighted by atomic mass is 10.1. The maximum Gasteiger partial charge on any atom is 0.138 e. The van der Waals surface area contributed by atoms with E-state index in [4.69, 9.17) is 27.9 Å². The molecule has 1 aromatic carbocycles. The lowest BCUT2D eigenvalue weighted by Crippen LogP contribution is -2.16. The van der Waals surface area contributed by atoms with Gasteiger partial charge in [0.05, 0.1) is 12.1 Å². The first-order valence-corrected chi connectivity index (χ1v) is 5.67. The Morgan fingerprint density at radius 1 is 1.27 bits per heavy atom. The molecular weight excluding hydrogens is 233 g/mol. The van der Waals surface area contributed by atoms with E-state index in [0.29, 0.717) is 15.8 Å². The first kappa shape index (κ1) is 12.6. The summed E-state index contributed by atoms with van der Waals surface area (Å²) >= 11 is 12.1. The zero-order valence-corrected chi connectivity index (χ0v) is 10.5. The number of halogens is 2. The Labute approximate surface area is 101 Å². The lowest BCUT2D eigenvalue weighted by molar-refractivity contribution is 0.415. The molecule has 0 aliphatic rings. The van der Waals surface area contributed by atoms with Gasteiger partial charge in [-0.1, -0.05) is 30.1 Å². The van der Waals surface area contributed by atoms with E-state index in [9.17, 15) is 0 Å². The lowest BCUT2D eigenvalue weighted by Gasteiger charge is -2.09. The van der Waals surface area contributed by atoms with Crippen LogP contribution in [0, 0.1) is 0 Å². The van der Waals surface area contributed by atoms with Gasteiger partial charge in [0.25, 0.3) is 0 Å². The molecule has 0 saturated carbocycles. The number of benzene rings is 1. The van der Waals surface area contributed by atoms with E-state index >= 15 is 0 Å². The van der Waals surface area contributed by atoms with Crippen LogP contribution in [0.15, 0.2) is 12.1 Å². The molecule has 1 rings (SSSR count).